The van der Waals surface area contributed by atoms with Crippen LogP contribution >= 0.6 is 0 Å². The van der Waals surface area contributed by atoms with Gasteiger partial charge in [0.15, 0.2) is 0 Å². The molecule has 0 aliphatic heterocycles. The Morgan fingerprint density at radius 2 is 1.92 bits per heavy atom. The summed E-state index contributed by atoms with van der Waals surface area (Å²) < 4.78 is 30.4. The fourth-order valence-corrected chi connectivity index (χ4v) is 3.11. The number of carbonyl (C=O) groups is 1. The number of hydrogen-bond donors (Lipinski definition) is 1. The largest absolute Gasteiger partial charge is 0.497 e. The second kappa shape index (κ2) is 9.30. The Morgan fingerprint density at radius 3 is 2.50 bits per heavy atom. The van der Waals surface area contributed by atoms with Crippen LogP contribution in [-0.4, -0.2) is 43.5 Å². The number of nitrogens with one attached hydrogen (secondary N) is 1. The first kappa shape index (κ1) is 19.9. The minimum Gasteiger partial charge on any atom is -0.497 e. The monoisotopic (exact) mass is 377 g/mol. The van der Waals surface area contributed by atoms with Crippen LogP contribution in [-0.2, 0) is 27.9 Å². The number of benzene rings is 1. The molecule has 2 aromatic rings. The number of hydrogen-bond acceptors (Lipinski definition) is 5. The molecule has 0 aliphatic rings. The van der Waals surface area contributed by atoms with E-state index in [9.17, 15) is 13.2 Å². The summed E-state index contributed by atoms with van der Waals surface area (Å²) in [6.07, 6.45) is 2.88. The number of rotatable bonds is 9. The molecule has 1 aromatic carbocycles. The van der Waals surface area contributed by atoms with Gasteiger partial charge in [0.2, 0.25) is 15.9 Å². The number of amides is 1. The topological polar surface area (TPSA) is 88.6 Å². The van der Waals surface area contributed by atoms with Crippen LogP contribution in [0.5, 0.6) is 5.75 Å². The number of pyridine rings is 1. The smallest absolute Gasteiger partial charge is 0.221 e. The first-order chi connectivity index (χ1) is 12.4. The molecule has 8 heteroatoms. The predicted octanol–water partition coefficient (Wildman–Crippen LogP) is 1.56. The van der Waals surface area contributed by atoms with Gasteiger partial charge in [-0.05, 0) is 29.8 Å². The van der Waals surface area contributed by atoms with E-state index in [0.717, 1.165) is 17.5 Å². The van der Waals surface area contributed by atoms with E-state index in [0.29, 0.717) is 12.3 Å². The van der Waals surface area contributed by atoms with E-state index >= 15 is 0 Å². The van der Waals surface area contributed by atoms with Crippen molar-refractivity contribution in [3.05, 3.63) is 59.9 Å². The third-order valence-corrected chi connectivity index (χ3v) is 5.02. The van der Waals surface area contributed by atoms with E-state index in [-0.39, 0.29) is 25.4 Å². The van der Waals surface area contributed by atoms with E-state index < -0.39 is 10.0 Å². The van der Waals surface area contributed by atoms with Crippen LogP contribution in [0.3, 0.4) is 0 Å². The average molecular weight is 377 g/mol. The van der Waals surface area contributed by atoms with Crippen molar-refractivity contribution in [2.75, 3.05) is 19.9 Å². The zero-order chi connectivity index (χ0) is 19.0. The highest BCUT2D eigenvalue weighted by atomic mass is 32.2. The minimum atomic E-state index is -3.43. The first-order valence-electron chi connectivity index (χ1n) is 8.13. The maximum absolute atomic E-state index is 12.0. The van der Waals surface area contributed by atoms with Gasteiger partial charge in [0.25, 0.3) is 0 Å². The molecule has 0 aliphatic carbocycles. The lowest BCUT2D eigenvalue weighted by Crippen LogP contribution is -2.34. The maximum atomic E-state index is 12.0. The molecule has 0 atom stereocenters. The number of methoxy groups -OCH3 is 1. The van der Waals surface area contributed by atoms with E-state index in [4.69, 9.17) is 4.74 Å². The predicted molar refractivity (Wildman–Crippen MR) is 98.9 cm³/mol. The summed E-state index contributed by atoms with van der Waals surface area (Å²) in [5, 5.41) is 2.75. The fourth-order valence-electron chi connectivity index (χ4n) is 2.30. The summed E-state index contributed by atoms with van der Waals surface area (Å²) in [5.41, 5.74) is 1.57. The van der Waals surface area contributed by atoms with Gasteiger partial charge in [-0.15, -0.1) is 0 Å². The van der Waals surface area contributed by atoms with Crippen molar-refractivity contribution in [3.8, 4) is 5.75 Å². The standard InChI is InChI=1S/C18H23N3O4S/c1-25-17-8-6-15(7-9-17)14-21(26(2,23)24)12-10-18(22)20-13-16-5-3-4-11-19-16/h3-9,11H,10,12-14H2,1-2H3,(H,20,22). The molecule has 1 aromatic heterocycles. The van der Waals surface area contributed by atoms with Gasteiger partial charge in [0.1, 0.15) is 5.75 Å². The molecule has 0 spiro atoms. The Morgan fingerprint density at radius 1 is 1.19 bits per heavy atom. The van der Waals surface area contributed by atoms with E-state index in [1.807, 2.05) is 12.1 Å². The Balaban J connectivity index is 1.90. The first-order valence-corrected chi connectivity index (χ1v) is 9.98. The number of nitrogens with zero attached hydrogens (tertiary/aromatic N) is 2. The lowest BCUT2D eigenvalue weighted by molar-refractivity contribution is -0.121. The van der Waals surface area contributed by atoms with Crippen molar-refractivity contribution in [2.24, 2.45) is 0 Å². The van der Waals surface area contributed by atoms with Gasteiger partial charge in [-0.25, -0.2) is 8.42 Å². The van der Waals surface area contributed by atoms with Crippen LogP contribution < -0.4 is 10.1 Å². The van der Waals surface area contributed by atoms with Crippen molar-refractivity contribution in [2.45, 2.75) is 19.5 Å². The van der Waals surface area contributed by atoms with Gasteiger partial charge in [0.05, 0.1) is 25.6 Å². The molecule has 26 heavy (non-hydrogen) atoms. The van der Waals surface area contributed by atoms with Gasteiger partial charge in [-0.1, -0.05) is 18.2 Å². The van der Waals surface area contributed by atoms with E-state index in [2.05, 4.69) is 10.3 Å². The Hall–Kier alpha value is -2.45. The highest BCUT2D eigenvalue weighted by Gasteiger charge is 2.18. The highest BCUT2D eigenvalue weighted by Crippen LogP contribution is 2.14. The van der Waals surface area contributed by atoms with Crippen LogP contribution in [0, 0.1) is 0 Å². The third-order valence-electron chi connectivity index (χ3n) is 3.77. The van der Waals surface area contributed by atoms with E-state index in [1.165, 1.54) is 4.31 Å². The molecule has 0 saturated heterocycles. The maximum Gasteiger partial charge on any atom is 0.221 e. The number of sulfonamides is 1. The van der Waals surface area contributed by atoms with Crippen LogP contribution in [0.25, 0.3) is 0 Å². The Kier molecular flexibility index (Phi) is 7.11. The van der Waals surface area contributed by atoms with Crippen LogP contribution in [0.2, 0.25) is 0 Å². The molecule has 2 rings (SSSR count). The van der Waals surface area contributed by atoms with Crippen molar-refractivity contribution < 1.29 is 17.9 Å². The van der Waals surface area contributed by atoms with Crippen LogP contribution in [0.4, 0.5) is 0 Å². The molecule has 0 bridgehead atoms. The molecule has 7 nitrogen and oxygen atoms in total. The van der Waals surface area contributed by atoms with Crippen molar-refractivity contribution >= 4 is 15.9 Å². The number of aromatic nitrogens is 1. The molecular formula is C18H23N3O4S. The zero-order valence-electron chi connectivity index (χ0n) is 14.9. The van der Waals surface area contributed by atoms with Crippen LogP contribution in [0.15, 0.2) is 48.7 Å². The van der Waals surface area contributed by atoms with Crippen molar-refractivity contribution in [1.82, 2.24) is 14.6 Å². The average Bonchev–Trinajstić information content (AvgIpc) is 2.63. The number of ether oxygens (including phenoxy) is 1. The van der Waals surface area contributed by atoms with Gasteiger partial charge >= 0.3 is 0 Å². The minimum absolute atomic E-state index is 0.0794. The van der Waals surface area contributed by atoms with Gasteiger partial charge in [0, 0.05) is 25.7 Å². The molecule has 0 unspecified atom stereocenters. The van der Waals surface area contributed by atoms with Gasteiger partial charge in [-0.2, -0.15) is 4.31 Å². The van der Waals surface area contributed by atoms with E-state index in [1.54, 1.807) is 43.6 Å². The highest BCUT2D eigenvalue weighted by molar-refractivity contribution is 7.88. The summed E-state index contributed by atoms with van der Waals surface area (Å²) in [6, 6.07) is 12.6. The second-order valence-electron chi connectivity index (χ2n) is 5.79. The third kappa shape index (κ3) is 6.45. The van der Waals surface area contributed by atoms with Crippen LogP contribution in [0.1, 0.15) is 17.7 Å². The summed E-state index contributed by atoms with van der Waals surface area (Å²) >= 11 is 0. The van der Waals surface area contributed by atoms with Gasteiger partial charge < -0.3 is 10.1 Å². The lowest BCUT2D eigenvalue weighted by atomic mass is 10.2. The SMILES string of the molecule is COc1ccc(CN(CCC(=O)NCc2ccccn2)S(C)(=O)=O)cc1. The zero-order valence-corrected chi connectivity index (χ0v) is 15.7. The lowest BCUT2D eigenvalue weighted by Gasteiger charge is -2.20. The molecule has 1 N–H and O–H groups in total. The second-order valence-corrected chi connectivity index (χ2v) is 7.77. The van der Waals surface area contributed by atoms with Gasteiger partial charge in [-0.3, -0.25) is 9.78 Å². The summed E-state index contributed by atoms with van der Waals surface area (Å²) in [5.74, 6) is 0.479. The Labute approximate surface area is 154 Å². The molecule has 140 valence electrons. The molecule has 1 heterocycles. The molecule has 0 saturated carbocycles. The summed E-state index contributed by atoms with van der Waals surface area (Å²) in [7, 11) is -1.86. The molecular weight excluding hydrogens is 354 g/mol. The molecule has 0 fully saturated rings. The van der Waals surface area contributed by atoms with Crippen molar-refractivity contribution in [1.29, 1.82) is 0 Å². The fraction of sp³-hybridized carbons (Fsp3) is 0.333. The molecule has 0 radical (unpaired) electrons. The summed E-state index contributed by atoms with van der Waals surface area (Å²) in [4.78, 5) is 16.1. The number of carbonyl (C=O) groups excluding carboxylic acids is 1. The Bertz CT molecular complexity index is 808. The summed E-state index contributed by atoms with van der Waals surface area (Å²) in [6.45, 7) is 0.631. The van der Waals surface area contributed by atoms with Crippen molar-refractivity contribution in [3.63, 3.8) is 0 Å². The molecule has 1 amide bonds. The quantitative estimate of drug-likeness (QED) is 0.716. The normalized spacial score (nSPS) is 11.3.